The Hall–Kier alpha value is -3.56. The number of nitrogens with one attached hydrogen (secondary N) is 1. The molecule has 0 amide bonds. The van der Waals surface area contributed by atoms with Crippen LogP contribution in [0.15, 0.2) is 54.6 Å². The van der Waals surface area contributed by atoms with Gasteiger partial charge in [0.1, 0.15) is 11.6 Å². The second-order valence-electron chi connectivity index (χ2n) is 7.61. The number of halogens is 1. The number of aromatic nitrogens is 4. The Morgan fingerprint density at radius 2 is 1.75 bits per heavy atom. The van der Waals surface area contributed by atoms with Gasteiger partial charge in [0, 0.05) is 31.7 Å². The van der Waals surface area contributed by atoms with Crippen molar-refractivity contribution >= 4 is 22.8 Å². The number of morpholine rings is 1. The molecule has 0 spiro atoms. The summed E-state index contributed by atoms with van der Waals surface area (Å²) in [5.74, 6) is 0.583. The van der Waals surface area contributed by atoms with E-state index in [-0.39, 0.29) is 5.82 Å². The number of nitrogens with two attached hydrogens (primary N) is 1. The van der Waals surface area contributed by atoms with Crippen molar-refractivity contribution in [1.29, 1.82) is 0 Å². The summed E-state index contributed by atoms with van der Waals surface area (Å²) in [4.78, 5) is 11.7. The fourth-order valence-corrected chi connectivity index (χ4v) is 3.83. The molecule has 0 bridgehead atoms. The van der Waals surface area contributed by atoms with Crippen molar-refractivity contribution in [2.45, 2.75) is 0 Å². The van der Waals surface area contributed by atoms with E-state index in [4.69, 9.17) is 15.5 Å². The maximum Gasteiger partial charge on any atom is 0.225 e. The monoisotopic (exact) mass is 433 g/mol. The van der Waals surface area contributed by atoms with Crippen LogP contribution in [-0.4, -0.2) is 64.0 Å². The second kappa shape index (κ2) is 8.89. The third kappa shape index (κ3) is 4.12. The number of hydrogen-bond donors (Lipinski definition) is 2. The molecule has 32 heavy (non-hydrogen) atoms. The summed E-state index contributed by atoms with van der Waals surface area (Å²) in [5.41, 5.74) is 9.24. The van der Waals surface area contributed by atoms with E-state index in [1.807, 2.05) is 30.3 Å². The number of anilines is 2. The van der Waals surface area contributed by atoms with Gasteiger partial charge < -0.3 is 15.8 Å². The molecule has 5 rings (SSSR count). The Balaban J connectivity index is 1.52. The van der Waals surface area contributed by atoms with E-state index in [0.717, 1.165) is 38.4 Å². The molecule has 2 aromatic carbocycles. The van der Waals surface area contributed by atoms with Crippen molar-refractivity contribution in [3.05, 3.63) is 60.4 Å². The number of rotatable bonds is 6. The maximum atomic E-state index is 13.4. The molecule has 0 unspecified atom stereocenters. The van der Waals surface area contributed by atoms with Crippen LogP contribution in [0.1, 0.15) is 0 Å². The van der Waals surface area contributed by atoms with Crippen molar-refractivity contribution in [2.24, 2.45) is 0 Å². The molecule has 0 saturated carbocycles. The van der Waals surface area contributed by atoms with Gasteiger partial charge in [-0.05, 0) is 24.3 Å². The van der Waals surface area contributed by atoms with Crippen LogP contribution in [-0.2, 0) is 4.74 Å². The molecule has 1 aliphatic heterocycles. The van der Waals surface area contributed by atoms with Gasteiger partial charge in [0.25, 0.3) is 0 Å². The quantitative estimate of drug-likeness (QED) is 0.483. The van der Waals surface area contributed by atoms with Crippen molar-refractivity contribution in [2.75, 3.05) is 50.4 Å². The van der Waals surface area contributed by atoms with Crippen LogP contribution in [0.4, 0.5) is 16.2 Å². The first kappa shape index (κ1) is 20.3. The Morgan fingerprint density at radius 1 is 1.00 bits per heavy atom. The van der Waals surface area contributed by atoms with Crippen LogP contribution >= 0.6 is 0 Å². The summed E-state index contributed by atoms with van der Waals surface area (Å²) in [6.45, 7) is 4.96. The predicted octanol–water partition coefficient (Wildman–Crippen LogP) is 2.95. The van der Waals surface area contributed by atoms with E-state index in [2.05, 4.69) is 20.3 Å². The molecule has 1 aliphatic rings. The zero-order valence-electron chi connectivity index (χ0n) is 17.5. The molecule has 0 aliphatic carbocycles. The highest BCUT2D eigenvalue weighted by atomic mass is 19.1. The molecular weight excluding hydrogens is 409 g/mol. The van der Waals surface area contributed by atoms with Crippen LogP contribution in [0.5, 0.6) is 0 Å². The highest BCUT2D eigenvalue weighted by Gasteiger charge is 2.19. The predicted molar refractivity (Wildman–Crippen MR) is 122 cm³/mol. The molecule has 4 aromatic rings. The highest BCUT2D eigenvalue weighted by Crippen LogP contribution is 2.32. The van der Waals surface area contributed by atoms with Crippen molar-refractivity contribution in [3.8, 4) is 16.9 Å². The van der Waals surface area contributed by atoms with E-state index in [9.17, 15) is 4.39 Å². The molecule has 0 atom stereocenters. The van der Waals surface area contributed by atoms with Crippen LogP contribution in [0, 0.1) is 5.82 Å². The largest absolute Gasteiger partial charge is 0.383 e. The third-order valence-corrected chi connectivity index (χ3v) is 5.50. The standard InChI is InChI=1S/C23H24FN7O/c24-17-6-8-18(9-7-17)31-21(25)19-20(16-4-2-1-3-5-16)27-23(28-22(19)29-31)26-10-11-30-12-14-32-15-13-30/h1-9H,10-15,25H2,(H,26,28,29). The van der Waals surface area contributed by atoms with E-state index < -0.39 is 0 Å². The number of nitrogen functional groups attached to an aromatic ring is 1. The lowest BCUT2D eigenvalue weighted by Gasteiger charge is -2.26. The van der Waals surface area contributed by atoms with Gasteiger partial charge in [-0.3, -0.25) is 4.90 Å². The van der Waals surface area contributed by atoms with E-state index in [1.54, 1.807) is 16.8 Å². The van der Waals surface area contributed by atoms with Crippen LogP contribution in [0.2, 0.25) is 0 Å². The first-order valence-electron chi connectivity index (χ1n) is 10.6. The lowest BCUT2D eigenvalue weighted by Crippen LogP contribution is -2.39. The number of fused-ring (bicyclic) bond motifs is 1. The fourth-order valence-electron chi connectivity index (χ4n) is 3.83. The summed E-state index contributed by atoms with van der Waals surface area (Å²) in [5, 5.41) is 8.60. The Kier molecular flexibility index (Phi) is 5.66. The molecule has 3 N–H and O–H groups in total. The Bertz CT molecular complexity index is 1200. The molecule has 8 nitrogen and oxygen atoms in total. The number of ether oxygens (including phenoxy) is 1. The molecule has 9 heteroatoms. The lowest BCUT2D eigenvalue weighted by molar-refractivity contribution is 0.0398. The van der Waals surface area contributed by atoms with Gasteiger partial charge in [0.2, 0.25) is 5.95 Å². The van der Waals surface area contributed by atoms with E-state index in [0.29, 0.717) is 40.7 Å². The molecule has 3 heterocycles. The fraction of sp³-hybridized carbons (Fsp3) is 0.261. The van der Waals surface area contributed by atoms with Crippen LogP contribution in [0.3, 0.4) is 0 Å². The smallest absolute Gasteiger partial charge is 0.225 e. The minimum absolute atomic E-state index is 0.319. The van der Waals surface area contributed by atoms with E-state index >= 15 is 0 Å². The number of nitrogens with zero attached hydrogens (tertiary/aromatic N) is 5. The normalized spacial score (nSPS) is 14.7. The Labute approximate surface area is 184 Å². The zero-order valence-corrected chi connectivity index (χ0v) is 17.5. The molecule has 2 aromatic heterocycles. The first-order valence-corrected chi connectivity index (χ1v) is 10.6. The summed E-state index contributed by atoms with van der Waals surface area (Å²) in [6.07, 6.45) is 0. The van der Waals surface area contributed by atoms with Gasteiger partial charge in [-0.25, -0.2) is 14.1 Å². The number of hydrogen-bond acceptors (Lipinski definition) is 7. The summed E-state index contributed by atoms with van der Waals surface area (Å²) < 4.78 is 20.4. The van der Waals surface area contributed by atoms with Gasteiger partial charge >= 0.3 is 0 Å². The van der Waals surface area contributed by atoms with Gasteiger partial charge in [0.05, 0.1) is 30.0 Å². The Morgan fingerprint density at radius 3 is 2.50 bits per heavy atom. The van der Waals surface area contributed by atoms with Gasteiger partial charge in [0.15, 0.2) is 5.65 Å². The molecule has 1 saturated heterocycles. The van der Waals surface area contributed by atoms with Crippen molar-refractivity contribution in [1.82, 2.24) is 24.6 Å². The zero-order chi connectivity index (χ0) is 21.9. The topological polar surface area (TPSA) is 94.1 Å². The van der Waals surface area contributed by atoms with Crippen molar-refractivity contribution in [3.63, 3.8) is 0 Å². The third-order valence-electron chi connectivity index (χ3n) is 5.50. The maximum absolute atomic E-state index is 13.4. The lowest BCUT2D eigenvalue weighted by atomic mass is 10.1. The van der Waals surface area contributed by atoms with Crippen LogP contribution in [0.25, 0.3) is 28.0 Å². The molecule has 1 fully saturated rings. The summed E-state index contributed by atoms with van der Waals surface area (Å²) >= 11 is 0. The average Bonchev–Trinajstić information content (AvgIpc) is 3.16. The van der Waals surface area contributed by atoms with Crippen molar-refractivity contribution < 1.29 is 9.13 Å². The molecule has 0 radical (unpaired) electrons. The average molecular weight is 433 g/mol. The summed E-state index contributed by atoms with van der Waals surface area (Å²) in [6, 6.07) is 15.8. The second-order valence-corrected chi connectivity index (χ2v) is 7.61. The highest BCUT2D eigenvalue weighted by molar-refractivity contribution is 5.99. The molecular formula is C23H24FN7O. The van der Waals surface area contributed by atoms with Gasteiger partial charge in [-0.2, -0.15) is 4.98 Å². The summed E-state index contributed by atoms with van der Waals surface area (Å²) in [7, 11) is 0. The van der Waals surface area contributed by atoms with Gasteiger partial charge in [-0.1, -0.05) is 30.3 Å². The SMILES string of the molecule is Nc1c2c(-c3ccccc3)nc(NCCN3CCOCC3)nc2nn1-c1ccc(F)cc1. The minimum atomic E-state index is -0.319. The van der Waals surface area contributed by atoms with E-state index in [1.165, 1.54) is 12.1 Å². The first-order chi connectivity index (χ1) is 15.7. The minimum Gasteiger partial charge on any atom is -0.383 e. The molecule has 164 valence electrons. The van der Waals surface area contributed by atoms with Crippen LogP contribution < -0.4 is 11.1 Å². The number of benzene rings is 2. The van der Waals surface area contributed by atoms with Gasteiger partial charge in [-0.15, -0.1) is 5.10 Å².